The quantitative estimate of drug-likeness (QED) is 0.762. The Morgan fingerprint density at radius 1 is 1.00 bits per heavy atom. The first-order valence-corrected chi connectivity index (χ1v) is 8.04. The fourth-order valence-corrected chi connectivity index (χ4v) is 2.69. The summed E-state index contributed by atoms with van der Waals surface area (Å²) in [6, 6.07) is 8.02. The van der Waals surface area contributed by atoms with Gasteiger partial charge in [0, 0.05) is 23.9 Å². The molecular formula is C17H16N4O3. The molecule has 2 aliphatic rings. The van der Waals surface area contributed by atoms with Gasteiger partial charge in [-0.3, -0.25) is 0 Å². The molecular weight excluding hydrogens is 308 g/mol. The minimum absolute atomic E-state index is 0.482. The third-order valence-electron chi connectivity index (χ3n) is 4.02. The summed E-state index contributed by atoms with van der Waals surface area (Å²) in [6.45, 7) is 1.14. The van der Waals surface area contributed by atoms with E-state index in [0.29, 0.717) is 30.8 Å². The largest absolute Gasteiger partial charge is 0.486 e. The van der Waals surface area contributed by atoms with Gasteiger partial charge in [0.25, 0.3) is 0 Å². The molecule has 1 aromatic carbocycles. The number of aromatic nitrogens is 2. The number of anilines is 3. The minimum Gasteiger partial charge on any atom is -0.486 e. The van der Waals surface area contributed by atoms with E-state index in [-0.39, 0.29) is 0 Å². The summed E-state index contributed by atoms with van der Waals surface area (Å²) in [4.78, 5) is 9.06. The lowest BCUT2D eigenvalue weighted by Gasteiger charge is -2.19. The monoisotopic (exact) mass is 324 g/mol. The molecule has 24 heavy (non-hydrogen) atoms. The number of nitrogens with zero attached hydrogens (tertiary/aromatic N) is 2. The number of hydrogen-bond acceptors (Lipinski definition) is 7. The maximum absolute atomic E-state index is 5.61. The van der Waals surface area contributed by atoms with Gasteiger partial charge in [-0.1, -0.05) is 0 Å². The summed E-state index contributed by atoms with van der Waals surface area (Å²) >= 11 is 0. The lowest BCUT2D eigenvalue weighted by molar-refractivity contribution is 0.171. The molecule has 2 N–H and O–H groups in total. The van der Waals surface area contributed by atoms with Crippen LogP contribution in [0.2, 0.25) is 0 Å². The highest BCUT2D eigenvalue weighted by atomic mass is 16.6. The summed E-state index contributed by atoms with van der Waals surface area (Å²) < 4.78 is 16.7. The highest BCUT2D eigenvalue weighted by Gasteiger charge is 2.24. The van der Waals surface area contributed by atoms with Gasteiger partial charge in [0.15, 0.2) is 22.9 Å². The van der Waals surface area contributed by atoms with Crippen LogP contribution in [0.25, 0.3) is 11.1 Å². The van der Waals surface area contributed by atoms with Crippen LogP contribution in [-0.2, 0) is 0 Å². The van der Waals surface area contributed by atoms with Crippen LogP contribution in [0, 0.1) is 0 Å². The molecule has 0 spiro atoms. The Morgan fingerprint density at radius 3 is 2.75 bits per heavy atom. The van der Waals surface area contributed by atoms with E-state index in [4.69, 9.17) is 13.9 Å². The summed E-state index contributed by atoms with van der Waals surface area (Å²) in [5.41, 5.74) is 2.31. The summed E-state index contributed by atoms with van der Waals surface area (Å²) in [5.74, 6) is 2.73. The number of benzene rings is 1. The first-order chi connectivity index (χ1) is 11.8. The van der Waals surface area contributed by atoms with Crippen LogP contribution < -0.4 is 20.1 Å². The molecule has 0 radical (unpaired) electrons. The van der Waals surface area contributed by atoms with Crippen LogP contribution in [0.5, 0.6) is 11.5 Å². The molecule has 1 saturated carbocycles. The average molecular weight is 324 g/mol. The van der Waals surface area contributed by atoms with Crippen molar-refractivity contribution in [3.8, 4) is 11.5 Å². The van der Waals surface area contributed by atoms with E-state index < -0.39 is 0 Å². The van der Waals surface area contributed by atoms with Crippen LogP contribution in [0.15, 0.2) is 34.9 Å². The van der Waals surface area contributed by atoms with Crippen molar-refractivity contribution < 1.29 is 13.9 Å². The molecule has 2 aromatic heterocycles. The SMILES string of the molecule is c1cc2nc(Nc3ccc4c(c3)OCCO4)nc(NC3CC3)c2o1. The number of ether oxygens (including phenoxy) is 2. The first kappa shape index (κ1) is 13.5. The van der Waals surface area contributed by atoms with Gasteiger partial charge in [-0.05, 0) is 25.0 Å². The molecule has 122 valence electrons. The van der Waals surface area contributed by atoms with Gasteiger partial charge < -0.3 is 24.5 Å². The zero-order valence-electron chi connectivity index (χ0n) is 12.9. The Morgan fingerprint density at radius 2 is 1.88 bits per heavy atom. The van der Waals surface area contributed by atoms with E-state index in [1.165, 1.54) is 0 Å². The molecule has 0 saturated heterocycles. The second kappa shape index (κ2) is 5.30. The highest BCUT2D eigenvalue weighted by molar-refractivity contribution is 5.85. The third kappa shape index (κ3) is 2.47. The van der Waals surface area contributed by atoms with Crippen molar-refractivity contribution in [3.05, 3.63) is 30.5 Å². The topological polar surface area (TPSA) is 81.4 Å². The predicted octanol–water partition coefficient (Wildman–Crippen LogP) is 3.31. The second-order valence-electron chi connectivity index (χ2n) is 5.93. The van der Waals surface area contributed by atoms with Gasteiger partial charge in [-0.25, -0.2) is 4.98 Å². The summed E-state index contributed by atoms with van der Waals surface area (Å²) in [6.07, 6.45) is 3.96. The van der Waals surface area contributed by atoms with Gasteiger partial charge in [0.2, 0.25) is 5.95 Å². The van der Waals surface area contributed by atoms with Gasteiger partial charge in [0.1, 0.15) is 18.7 Å². The molecule has 0 bridgehead atoms. The van der Waals surface area contributed by atoms with Gasteiger partial charge in [-0.15, -0.1) is 0 Å². The predicted molar refractivity (Wildman–Crippen MR) is 89.2 cm³/mol. The number of furan rings is 1. The normalized spacial score (nSPS) is 16.2. The molecule has 0 unspecified atom stereocenters. The molecule has 1 aliphatic heterocycles. The van der Waals surface area contributed by atoms with Gasteiger partial charge >= 0.3 is 0 Å². The van der Waals surface area contributed by atoms with Crippen molar-refractivity contribution in [1.82, 2.24) is 9.97 Å². The second-order valence-corrected chi connectivity index (χ2v) is 5.93. The molecule has 0 atom stereocenters. The standard InChI is InChI=1S/C17H16N4O3/c1-2-10(1)18-16-15-12(5-6-24-15)20-17(21-16)19-11-3-4-13-14(9-11)23-8-7-22-13/h3-6,9-10H,1-2,7-8H2,(H2,18,19,20,21). The van der Waals surface area contributed by atoms with E-state index in [1.54, 1.807) is 6.26 Å². The van der Waals surface area contributed by atoms with Crippen LogP contribution in [-0.4, -0.2) is 29.2 Å². The summed E-state index contributed by atoms with van der Waals surface area (Å²) in [5, 5.41) is 6.62. The first-order valence-electron chi connectivity index (χ1n) is 8.04. The van der Waals surface area contributed by atoms with E-state index in [9.17, 15) is 0 Å². The van der Waals surface area contributed by atoms with E-state index in [0.717, 1.165) is 41.4 Å². The Balaban J connectivity index is 1.47. The maximum atomic E-state index is 5.61. The number of fused-ring (bicyclic) bond motifs is 2. The number of nitrogens with one attached hydrogen (secondary N) is 2. The Bertz CT molecular complexity index is 904. The molecule has 0 amide bonds. The highest BCUT2D eigenvalue weighted by Crippen LogP contribution is 2.34. The molecule has 3 heterocycles. The van der Waals surface area contributed by atoms with Crippen LogP contribution >= 0.6 is 0 Å². The lowest BCUT2D eigenvalue weighted by Crippen LogP contribution is -2.15. The lowest BCUT2D eigenvalue weighted by atomic mass is 10.2. The van der Waals surface area contributed by atoms with Crippen molar-refractivity contribution >= 4 is 28.6 Å². The van der Waals surface area contributed by atoms with Crippen LogP contribution in [0.3, 0.4) is 0 Å². The third-order valence-corrected chi connectivity index (χ3v) is 4.02. The van der Waals surface area contributed by atoms with Gasteiger partial charge in [-0.2, -0.15) is 4.98 Å². The molecule has 1 fully saturated rings. The Hall–Kier alpha value is -2.96. The van der Waals surface area contributed by atoms with Crippen molar-refractivity contribution in [2.24, 2.45) is 0 Å². The number of rotatable bonds is 4. The Labute approximate surface area is 138 Å². The van der Waals surface area contributed by atoms with E-state index in [2.05, 4.69) is 20.6 Å². The van der Waals surface area contributed by atoms with Crippen molar-refractivity contribution in [1.29, 1.82) is 0 Å². The molecule has 7 nitrogen and oxygen atoms in total. The van der Waals surface area contributed by atoms with Crippen molar-refractivity contribution in [2.75, 3.05) is 23.8 Å². The van der Waals surface area contributed by atoms with Crippen molar-refractivity contribution in [2.45, 2.75) is 18.9 Å². The zero-order chi connectivity index (χ0) is 15.9. The fourth-order valence-electron chi connectivity index (χ4n) is 2.69. The Kier molecular flexibility index (Phi) is 2.97. The van der Waals surface area contributed by atoms with Crippen LogP contribution in [0.4, 0.5) is 17.5 Å². The summed E-state index contributed by atoms with van der Waals surface area (Å²) in [7, 11) is 0. The van der Waals surface area contributed by atoms with E-state index >= 15 is 0 Å². The van der Waals surface area contributed by atoms with Crippen molar-refractivity contribution in [3.63, 3.8) is 0 Å². The van der Waals surface area contributed by atoms with Gasteiger partial charge in [0.05, 0.1) is 6.26 Å². The smallest absolute Gasteiger partial charge is 0.229 e. The molecule has 7 heteroatoms. The average Bonchev–Trinajstić information content (AvgIpc) is 3.28. The number of hydrogen-bond donors (Lipinski definition) is 2. The molecule has 3 aromatic rings. The maximum Gasteiger partial charge on any atom is 0.229 e. The molecule has 5 rings (SSSR count). The molecule has 1 aliphatic carbocycles. The van der Waals surface area contributed by atoms with Crippen LogP contribution in [0.1, 0.15) is 12.8 Å². The van der Waals surface area contributed by atoms with E-state index in [1.807, 2.05) is 24.3 Å². The zero-order valence-corrected chi connectivity index (χ0v) is 12.9. The fraction of sp³-hybridized carbons (Fsp3) is 0.294. The minimum atomic E-state index is 0.482.